The van der Waals surface area contributed by atoms with E-state index in [1.54, 1.807) is 0 Å². The van der Waals surface area contributed by atoms with Crippen molar-refractivity contribution in [1.29, 1.82) is 0 Å². The molecule has 0 amide bonds. The van der Waals surface area contributed by atoms with Crippen molar-refractivity contribution < 1.29 is 0 Å². The van der Waals surface area contributed by atoms with Crippen LogP contribution in [0.1, 0.15) is 5.56 Å². The van der Waals surface area contributed by atoms with Gasteiger partial charge in [-0.25, -0.2) is 0 Å². The largest absolute Gasteiger partial charge is 0.316 e. The van der Waals surface area contributed by atoms with Crippen LogP contribution in [0.15, 0.2) is 34.9 Å². The molecule has 2 nitrogen and oxygen atoms in total. The van der Waals surface area contributed by atoms with Gasteiger partial charge < -0.3 is 5.32 Å². The summed E-state index contributed by atoms with van der Waals surface area (Å²) in [6.45, 7) is 0.871. The lowest BCUT2D eigenvalue weighted by Crippen LogP contribution is -2.05. The van der Waals surface area contributed by atoms with Gasteiger partial charge in [0, 0.05) is 22.6 Å². The molecule has 3 heteroatoms. The number of fused-ring (bicyclic) bond motifs is 1. The van der Waals surface area contributed by atoms with Gasteiger partial charge in [-0.15, -0.1) is 0 Å². The maximum Gasteiger partial charge on any atom is 0.0847 e. The van der Waals surface area contributed by atoms with Crippen molar-refractivity contribution in [3.8, 4) is 0 Å². The van der Waals surface area contributed by atoms with Crippen LogP contribution in [0.5, 0.6) is 0 Å². The molecule has 72 valence electrons. The minimum atomic E-state index is 0.871. The molecule has 1 heterocycles. The Morgan fingerprint density at radius 1 is 1.36 bits per heavy atom. The molecule has 2 aromatic rings. The molecule has 0 aliphatic rings. The highest BCUT2D eigenvalue weighted by atomic mass is 79.9. The molecule has 1 aromatic heterocycles. The van der Waals surface area contributed by atoms with Crippen LogP contribution in [-0.2, 0) is 6.54 Å². The van der Waals surface area contributed by atoms with Crippen molar-refractivity contribution in [2.75, 3.05) is 7.05 Å². The van der Waals surface area contributed by atoms with Crippen LogP contribution in [-0.4, -0.2) is 12.0 Å². The molecule has 14 heavy (non-hydrogen) atoms. The topological polar surface area (TPSA) is 24.9 Å². The van der Waals surface area contributed by atoms with Gasteiger partial charge in [0.25, 0.3) is 0 Å². The van der Waals surface area contributed by atoms with E-state index in [-0.39, 0.29) is 0 Å². The zero-order chi connectivity index (χ0) is 9.97. The van der Waals surface area contributed by atoms with Crippen LogP contribution in [0.4, 0.5) is 0 Å². The van der Waals surface area contributed by atoms with Crippen LogP contribution < -0.4 is 5.32 Å². The number of pyridine rings is 1. The minimum absolute atomic E-state index is 0.871. The maximum absolute atomic E-state index is 4.35. The highest BCUT2D eigenvalue weighted by Gasteiger charge is 2.02. The molecule has 1 aromatic carbocycles. The second-order valence-electron chi connectivity index (χ2n) is 3.14. The second kappa shape index (κ2) is 4.07. The summed E-state index contributed by atoms with van der Waals surface area (Å²) in [6, 6.07) is 8.19. The number of para-hydroxylation sites is 1. The monoisotopic (exact) mass is 250 g/mol. The lowest BCUT2D eigenvalue weighted by molar-refractivity contribution is 0.822. The Morgan fingerprint density at radius 2 is 2.21 bits per heavy atom. The summed E-state index contributed by atoms with van der Waals surface area (Å²) < 4.78 is 1.05. The van der Waals surface area contributed by atoms with Crippen molar-refractivity contribution in [3.05, 3.63) is 40.5 Å². The van der Waals surface area contributed by atoms with E-state index in [0.717, 1.165) is 16.5 Å². The summed E-state index contributed by atoms with van der Waals surface area (Å²) in [4.78, 5) is 4.35. The number of aromatic nitrogens is 1. The number of hydrogen-bond acceptors (Lipinski definition) is 2. The van der Waals surface area contributed by atoms with Gasteiger partial charge in [0.1, 0.15) is 0 Å². The van der Waals surface area contributed by atoms with E-state index in [4.69, 9.17) is 0 Å². The van der Waals surface area contributed by atoms with Gasteiger partial charge in [-0.2, -0.15) is 0 Å². The van der Waals surface area contributed by atoms with Crippen LogP contribution in [0.3, 0.4) is 0 Å². The number of nitrogens with one attached hydrogen (secondary N) is 1. The summed E-state index contributed by atoms with van der Waals surface area (Å²) in [5, 5.41) is 4.36. The first-order valence-corrected chi connectivity index (χ1v) is 5.29. The summed E-state index contributed by atoms with van der Waals surface area (Å²) in [5.74, 6) is 0. The number of nitrogens with zero attached hydrogens (tertiary/aromatic N) is 1. The summed E-state index contributed by atoms with van der Waals surface area (Å²) in [6.07, 6.45) is 1.85. The van der Waals surface area contributed by atoms with Crippen LogP contribution >= 0.6 is 15.9 Å². The SMILES string of the molecule is CNCc1ccnc2c(Br)cccc12. The van der Waals surface area contributed by atoms with Crippen molar-refractivity contribution in [2.24, 2.45) is 0 Å². The summed E-state index contributed by atoms with van der Waals surface area (Å²) in [7, 11) is 1.95. The van der Waals surface area contributed by atoms with Crippen molar-refractivity contribution in [1.82, 2.24) is 10.3 Å². The zero-order valence-electron chi connectivity index (χ0n) is 7.92. The van der Waals surface area contributed by atoms with E-state index < -0.39 is 0 Å². The molecule has 0 atom stereocenters. The molecule has 0 unspecified atom stereocenters. The quantitative estimate of drug-likeness (QED) is 0.887. The number of rotatable bonds is 2. The van der Waals surface area contributed by atoms with Crippen molar-refractivity contribution in [3.63, 3.8) is 0 Å². The lowest BCUT2D eigenvalue weighted by Gasteiger charge is -2.05. The van der Waals surface area contributed by atoms with Gasteiger partial charge in [-0.05, 0) is 40.7 Å². The van der Waals surface area contributed by atoms with E-state index in [1.165, 1.54) is 10.9 Å². The van der Waals surface area contributed by atoms with Gasteiger partial charge in [0.05, 0.1) is 5.52 Å². The predicted molar refractivity (Wildman–Crippen MR) is 62.2 cm³/mol. The van der Waals surface area contributed by atoms with Gasteiger partial charge >= 0.3 is 0 Å². The molecule has 1 N–H and O–H groups in total. The first-order valence-electron chi connectivity index (χ1n) is 4.49. The van der Waals surface area contributed by atoms with Gasteiger partial charge in [-0.1, -0.05) is 12.1 Å². The molecule has 2 rings (SSSR count). The molecule has 0 radical (unpaired) electrons. The maximum atomic E-state index is 4.35. The fraction of sp³-hybridized carbons (Fsp3) is 0.182. The van der Waals surface area contributed by atoms with Crippen molar-refractivity contribution in [2.45, 2.75) is 6.54 Å². The Hall–Kier alpha value is -0.930. The van der Waals surface area contributed by atoms with Crippen LogP contribution in [0.2, 0.25) is 0 Å². The van der Waals surface area contributed by atoms with E-state index in [1.807, 2.05) is 31.4 Å². The zero-order valence-corrected chi connectivity index (χ0v) is 9.51. The molecule has 0 saturated heterocycles. The molecule has 0 spiro atoms. The third kappa shape index (κ3) is 1.65. The van der Waals surface area contributed by atoms with Crippen LogP contribution in [0.25, 0.3) is 10.9 Å². The number of hydrogen-bond donors (Lipinski definition) is 1. The van der Waals surface area contributed by atoms with E-state index >= 15 is 0 Å². The number of halogens is 1. The molecule has 0 aliphatic carbocycles. The molecule has 0 bridgehead atoms. The molecule has 0 saturated carbocycles. The molecular weight excluding hydrogens is 240 g/mol. The summed E-state index contributed by atoms with van der Waals surface area (Å²) >= 11 is 3.50. The Labute approximate surface area is 91.5 Å². The van der Waals surface area contributed by atoms with Gasteiger partial charge in [-0.3, -0.25) is 4.98 Å². The Balaban J connectivity index is 2.68. The highest BCUT2D eigenvalue weighted by Crippen LogP contribution is 2.23. The normalized spacial score (nSPS) is 10.7. The first-order chi connectivity index (χ1) is 6.83. The van der Waals surface area contributed by atoms with Crippen molar-refractivity contribution >= 4 is 26.8 Å². The average molecular weight is 251 g/mol. The first kappa shape index (κ1) is 9.62. The van der Waals surface area contributed by atoms with Gasteiger partial charge in [0.15, 0.2) is 0 Å². The highest BCUT2D eigenvalue weighted by molar-refractivity contribution is 9.10. The fourth-order valence-electron chi connectivity index (χ4n) is 1.54. The third-order valence-electron chi connectivity index (χ3n) is 2.18. The van der Waals surface area contributed by atoms with E-state index in [9.17, 15) is 0 Å². The minimum Gasteiger partial charge on any atom is -0.316 e. The smallest absolute Gasteiger partial charge is 0.0847 e. The molecule has 0 aliphatic heterocycles. The fourth-order valence-corrected chi connectivity index (χ4v) is 2.01. The average Bonchev–Trinajstić information content (AvgIpc) is 2.20. The molecule has 0 fully saturated rings. The van der Waals surface area contributed by atoms with E-state index in [0.29, 0.717) is 0 Å². The Bertz CT molecular complexity index is 454. The van der Waals surface area contributed by atoms with Gasteiger partial charge in [0.2, 0.25) is 0 Å². The number of benzene rings is 1. The van der Waals surface area contributed by atoms with E-state index in [2.05, 4.69) is 32.3 Å². The Kier molecular flexibility index (Phi) is 2.79. The molecular formula is C11H11BrN2. The second-order valence-corrected chi connectivity index (χ2v) is 3.99. The summed E-state index contributed by atoms with van der Waals surface area (Å²) in [5.41, 5.74) is 2.30. The lowest BCUT2D eigenvalue weighted by atomic mass is 10.1. The Morgan fingerprint density at radius 3 is 3.00 bits per heavy atom. The van der Waals surface area contributed by atoms with Crippen LogP contribution in [0, 0.1) is 0 Å². The standard InChI is InChI=1S/C11H11BrN2/c1-13-7-8-5-6-14-11-9(8)3-2-4-10(11)12/h2-6,13H,7H2,1H3. The predicted octanol–water partition coefficient (Wildman–Crippen LogP) is 2.72. The third-order valence-corrected chi connectivity index (χ3v) is 2.82.